The highest BCUT2D eigenvalue weighted by Gasteiger charge is 2.20. The summed E-state index contributed by atoms with van der Waals surface area (Å²) in [6.07, 6.45) is 2.98. The number of nitro groups is 1. The van der Waals surface area contributed by atoms with Crippen molar-refractivity contribution in [1.29, 1.82) is 0 Å². The minimum atomic E-state index is -0.442. The van der Waals surface area contributed by atoms with Gasteiger partial charge in [-0.2, -0.15) is 0 Å². The van der Waals surface area contributed by atoms with Crippen molar-refractivity contribution in [2.45, 2.75) is 6.92 Å². The van der Waals surface area contributed by atoms with Gasteiger partial charge in [-0.15, -0.1) is 0 Å². The summed E-state index contributed by atoms with van der Waals surface area (Å²) in [6.45, 7) is 1.85. The molecule has 0 saturated carbocycles. The first kappa shape index (κ1) is 10.3. The summed E-state index contributed by atoms with van der Waals surface area (Å²) in [5, 5.41) is 13.8. The Balaban J connectivity index is 2.92. The van der Waals surface area contributed by atoms with Gasteiger partial charge in [0.1, 0.15) is 5.69 Å². The second kappa shape index (κ2) is 3.73. The Bertz CT molecular complexity index is 568. The van der Waals surface area contributed by atoms with Crippen LogP contribution in [0.1, 0.15) is 5.56 Å². The smallest absolute Gasteiger partial charge is 0.319 e. The molecule has 0 unspecified atom stereocenters. The first-order valence-corrected chi connectivity index (χ1v) is 4.71. The van der Waals surface area contributed by atoms with Gasteiger partial charge >= 0.3 is 5.69 Å². The Morgan fingerprint density at radius 2 is 1.94 bits per heavy atom. The van der Waals surface area contributed by atoms with Crippen LogP contribution < -0.4 is 5.32 Å². The van der Waals surface area contributed by atoms with Gasteiger partial charge in [-0.1, -0.05) is 0 Å². The van der Waals surface area contributed by atoms with Crippen LogP contribution in [0.2, 0.25) is 0 Å². The topological polar surface area (TPSA) is 81.0 Å². The van der Waals surface area contributed by atoms with E-state index < -0.39 is 4.92 Å². The molecule has 1 heterocycles. The molecule has 2 rings (SSSR count). The third kappa shape index (κ3) is 1.44. The second-order valence-electron chi connectivity index (χ2n) is 3.35. The van der Waals surface area contributed by atoms with E-state index in [4.69, 9.17) is 0 Å². The molecule has 0 bridgehead atoms. The molecule has 1 aromatic heterocycles. The van der Waals surface area contributed by atoms with Crippen molar-refractivity contribution in [2.24, 2.45) is 0 Å². The lowest BCUT2D eigenvalue weighted by atomic mass is 10.1. The number of nitrogens with zero attached hydrogens (tertiary/aromatic N) is 3. The number of rotatable bonds is 2. The molecule has 16 heavy (non-hydrogen) atoms. The molecular formula is C10H10N4O2. The minimum absolute atomic E-state index is 0.0313. The molecule has 0 radical (unpaired) electrons. The van der Waals surface area contributed by atoms with Crippen LogP contribution in [0.15, 0.2) is 18.5 Å². The predicted molar refractivity (Wildman–Crippen MR) is 60.5 cm³/mol. The van der Waals surface area contributed by atoms with Crippen LogP contribution in [0.3, 0.4) is 0 Å². The summed E-state index contributed by atoms with van der Waals surface area (Å²) in [5.74, 6) is 0. The molecular weight excluding hydrogens is 208 g/mol. The van der Waals surface area contributed by atoms with E-state index in [0.717, 1.165) is 5.56 Å². The van der Waals surface area contributed by atoms with Crippen LogP contribution in [0.25, 0.3) is 11.0 Å². The van der Waals surface area contributed by atoms with Crippen LogP contribution >= 0.6 is 0 Å². The van der Waals surface area contributed by atoms with E-state index in [1.54, 1.807) is 13.1 Å². The first-order chi connectivity index (χ1) is 7.65. The Hall–Kier alpha value is -2.24. The fourth-order valence-corrected chi connectivity index (χ4v) is 1.66. The number of benzene rings is 1. The largest absolute Gasteiger partial charge is 0.382 e. The molecule has 0 aliphatic heterocycles. The highest BCUT2D eigenvalue weighted by molar-refractivity contribution is 5.93. The molecule has 82 valence electrons. The number of fused-ring (bicyclic) bond motifs is 1. The Morgan fingerprint density at radius 1 is 1.31 bits per heavy atom. The highest BCUT2D eigenvalue weighted by Crippen LogP contribution is 2.32. The Kier molecular flexibility index (Phi) is 2.40. The summed E-state index contributed by atoms with van der Waals surface area (Å²) in [5.41, 5.74) is 2.16. The van der Waals surface area contributed by atoms with Crippen molar-refractivity contribution in [3.05, 3.63) is 34.1 Å². The van der Waals surface area contributed by atoms with E-state index in [1.807, 2.05) is 6.92 Å². The zero-order chi connectivity index (χ0) is 11.7. The van der Waals surface area contributed by atoms with Gasteiger partial charge in [0.05, 0.1) is 10.4 Å². The number of nitro benzene ring substituents is 1. The molecule has 6 heteroatoms. The summed E-state index contributed by atoms with van der Waals surface area (Å²) in [6, 6.07) is 1.70. The molecule has 1 aromatic carbocycles. The van der Waals surface area contributed by atoms with E-state index in [-0.39, 0.29) is 5.69 Å². The lowest BCUT2D eigenvalue weighted by Gasteiger charge is -2.06. The molecule has 1 N–H and O–H groups in total. The number of nitrogens with one attached hydrogen (secondary N) is 1. The number of anilines is 1. The maximum atomic E-state index is 11.0. The van der Waals surface area contributed by atoms with Gasteiger partial charge in [0.25, 0.3) is 0 Å². The van der Waals surface area contributed by atoms with Crippen molar-refractivity contribution in [3.63, 3.8) is 0 Å². The van der Waals surface area contributed by atoms with Crippen LogP contribution in [0.5, 0.6) is 0 Å². The van der Waals surface area contributed by atoms with Gasteiger partial charge in [-0.25, -0.2) is 4.98 Å². The summed E-state index contributed by atoms with van der Waals surface area (Å²) in [7, 11) is 1.64. The van der Waals surface area contributed by atoms with Crippen molar-refractivity contribution >= 4 is 22.4 Å². The van der Waals surface area contributed by atoms with Gasteiger partial charge in [0.15, 0.2) is 5.52 Å². The van der Waals surface area contributed by atoms with Gasteiger partial charge < -0.3 is 5.32 Å². The van der Waals surface area contributed by atoms with Gasteiger partial charge in [-0.05, 0) is 18.6 Å². The van der Waals surface area contributed by atoms with E-state index in [0.29, 0.717) is 16.7 Å². The lowest BCUT2D eigenvalue weighted by Crippen LogP contribution is -2.00. The summed E-state index contributed by atoms with van der Waals surface area (Å²) in [4.78, 5) is 18.7. The van der Waals surface area contributed by atoms with Gasteiger partial charge in [0, 0.05) is 19.4 Å². The van der Waals surface area contributed by atoms with Crippen LogP contribution in [-0.2, 0) is 0 Å². The molecule has 0 saturated heterocycles. The standard InChI is InChI=1S/C10H10N4O2/c1-6-5-7(11-2)10(14(15)16)9-8(6)12-3-4-13-9/h3-5,11H,1-2H3. The molecule has 0 aliphatic rings. The lowest BCUT2D eigenvalue weighted by molar-refractivity contribution is -0.382. The van der Waals surface area contributed by atoms with Crippen LogP contribution in [0, 0.1) is 17.0 Å². The molecule has 0 aliphatic carbocycles. The van der Waals surface area contributed by atoms with Gasteiger partial charge in [-0.3, -0.25) is 15.1 Å². The summed E-state index contributed by atoms with van der Waals surface area (Å²) >= 11 is 0. The quantitative estimate of drug-likeness (QED) is 0.614. The van der Waals surface area contributed by atoms with E-state index in [1.165, 1.54) is 12.4 Å². The van der Waals surface area contributed by atoms with Crippen LogP contribution in [0.4, 0.5) is 11.4 Å². The molecule has 0 amide bonds. The SMILES string of the molecule is CNc1cc(C)c2nccnc2c1[N+](=O)[O-]. The monoisotopic (exact) mass is 218 g/mol. The number of aryl methyl sites for hydroxylation is 1. The highest BCUT2D eigenvalue weighted by atomic mass is 16.6. The fourth-order valence-electron chi connectivity index (χ4n) is 1.66. The zero-order valence-electron chi connectivity index (χ0n) is 8.89. The summed E-state index contributed by atoms with van der Waals surface area (Å²) < 4.78 is 0. The fraction of sp³-hybridized carbons (Fsp3) is 0.200. The maximum Gasteiger partial charge on any atom is 0.319 e. The minimum Gasteiger partial charge on any atom is -0.382 e. The van der Waals surface area contributed by atoms with Gasteiger partial charge in [0.2, 0.25) is 0 Å². The number of hydrogen-bond acceptors (Lipinski definition) is 5. The Morgan fingerprint density at radius 3 is 2.50 bits per heavy atom. The first-order valence-electron chi connectivity index (χ1n) is 4.71. The van der Waals surface area contributed by atoms with Crippen molar-refractivity contribution in [3.8, 4) is 0 Å². The number of hydrogen-bond donors (Lipinski definition) is 1. The third-order valence-corrected chi connectivity index (χ3v) is 2.36. The van der Waals surface area contributed by atoms with E-state index >= 15 is 0 Å². The molecule has 0 fully saturated rings. The second-order valence-corrected chi connectivity index (χ2v) is 3.35. The van der Waals surface area contributed by atoms with Crippen molar-refractivity contribution in [1.82, 2.24) is 9.97 Å². The normalized spacial score (nSPS) is 10.4. The molecule has 0 spiro atoms. The maximum absolute atomic E-state index is 11.0. The van der Waals surface area contributed by atoms with E-state index in [9.17, 15) is 10.1 Å². The average molecular weight is 218 g/mol. The third-order valence-electron chi connectivity index (χ3n) is 2.36. The predicted octanol–water partition coefficient (Wildman–Crippen LogP) is 1.89. The van der Waals surface area contributed by atoms with Crippen LogP contribution in [-0.4, -0.2) is 21.9 Å². The number of aromatic nitrogens is 2. The average Bonchev–Trinajstić information content (AvgIpc) is 2.28. The van der Waals surface area contributed by atoms with E-state index in [2.05, 4.69) is 15.3 Å². The Labute approximate surface area is 91.5 Å². The molecule has 2 aromatic rings. The molecule has 0 atom stereocenters. The molecule has 6 nitrogen and oxygen atoms in total. The zero-order valence-corrected chi connectivity index (χ0v) is 8.89. The van der Waals surface area contributed by atoms with Crippen molar-refractivity contribution in [2.75, 3.05) is 12.4 Å². The van der Waals surface area contributed by atoms with Crippen molar-refractivity contribution < 1.29 is 4.92 Å².